The summed E-state index contributed by atoms with van der Waals surface area (Å²) in [7, 11) is -16.5. The summed E-state index contributed by atoms with van der Waals surface area (Å²) < 4.78 is 83.6. The largest absolute Gasteiger partial charge is 0.779 e. The number of aromatic amines is 1. The summed E-state index contributed by atoms with van der Waals surface area (Å²) in [5, 5.41) is 26.0. The van der Waals surface area contributed by atoms with Gasteiger partial charge in [0.1, 0.15) is 28.6 Å². The lowest BCUT2D eigenvalue weighted by Crippen LogP contribution is -2.35. The Morgan fingerprint density at radius 1 is 1.03 bits per heavy atom. The molecule has 4 heterocycles. The van der Waals surface area contributed by atoms with Gasteiger partial charge in [0.05, 0.1) is 41.6 Å². The lowest BCUT2D eigenvalue weighted by atomic mass is 9.81. The molecule has 418 valence electrons. The highest BCUT2D eigenvalue weighted by Crippen LogP contribution is 2.61. The van der Waals surface area contributed by atoms with E-state index in [9.17, 15) is 61.2 Å². The van der Waals surface area contributed by atoms with E-state index in [0.717, 1.165) is 27.7 Å². The predicted molar refractivity (Wildman–Crippen MR) is 269 cm³/mol. The Labute approximate surface area is 449 Å². The molecule has 3 aliphatic heterocycles. The van der Waals surface area contributed by atoms with Crippen LogP contribution in [0.4, 0.5) is 11.4 Å². The highest BCUT2D eigenvalue weighted by Gasteiger charge is 2.45. The number of benzene rings is 2. The van der Waals surface area contributed by atoms with Crippen molar-refractivity contribution in [2.75, 3.05) is 31.1 Å². The van der Waals surface area contributed by atoms with Gasteiger partial charge in [-0.1, -0.05) is 62.1 Å². The molecular weight excluding hydrogens is 1140 g/mol. The highest BCUT2D eigenvalue weighted by molar-refractivity contribution is 8.07. The molecule has 0 spiro atoms. The van der Waals surface area contributed by atoms with Gasteiger partial charge in [-0.05, 0) is 81.5 Å². The van der Waals surface area contributed by atoms with Crippen LogP contribution in [-0.4, -0.2) is 87.0 Å². The summed E-state index contributed by atoms with van der Waals surface area (Å²) in [5.41, 5.74) is 0.831. The summed E-state index contributed by atoms with van der Waals surface area (Å²) in [6, 6.07) is 9.47. The van der Waals surface area contributed by atoms with Crippen molar-refractivity contribution in [2.24, 2.45) is 0 Å². The standard InChI is InChI=1S/C45H54N5O21P3S3/c1-44(2)33-24-31(76-69-68-56)17-19-36(33)49(38(44)14-8-5-7-13-37-45(3,4)34-25-32(77(63,64)65)18-20-35(34)48(37)23-10-6-9-15-41(52)53)27-39(51)46-22-11-12-29-26-50(43(55)47-42(29)54)40-21-16-30(67-40)28-66-74(62,75)71-73(60,61)70-72(57,58)59/h5,7-8,13-14,17-20,24-26,30,40H,6,9-10,15-16,21-23,27-28H2,1-4H3,(H8-,46,47,51,52,53,54,55,56,57,58,59,60,61,62,63,64,65,75)/p-4/t30-,40+,74?/m0/s1. The zero-order valence-electron chi connectivity index (χ0n) is 41.2. The Kier molecular flexibility index (Phi) is 20.1. The van der Waals surface area contributed by atoms with Gasteiger partial charge in [0.2, 0.25) is 12.2 Å². The average molecular weight is 1190 g/mol. The molecule has 3 aromatic rings. The van der Waals surface area contributed by atoms with Gasteiger partial charge >= 0.3 is 11.7 Å². The van der Waals surface area contributed by atoms with Crippen molar-refractivity contribution in [2.45, 2.75) is 99.2 Å². The molecule has 5 atom stereocenters. The third-order valence-corrected chi connectivity index (χ3v) is 18.3. The van der Waals surface area contributed by atoms with Crippen LogP contribution in [0.1, 0.15) is 89.1 Å². The van der Waals surface area contributed by atoms with Gasteiger partial charge in [-0.15, -0.1) is 0 Å². The van der Waals surface area contributed by atoms with Crippen LogP contribution in [0.15, 0.2) is 98.1 Å². The second kappa shape index (κ2) is 25.1. The van der Waals surface area contributed by atoms with E-state index in [2.05, 4.69) is 51.9 Å². The van der Waals surface area contributed by atoms with Crippen molar-refractivity contribution in [3.63, 3.8) is 0 Å². The first-order valence-electron chi connectivity index (χ1n) is 23.0. The zero-order valence-corrected chi connectivity index (χ0v) is 46.3. The number of carboxylic acids is 1. The van der Waals surface area contributed by atoms with E-state index in [0.29, 0.717) is 59.7 Å². The number of phosphoric acid groups is 2. The van der Waals surface area contributed by atoms with E-state index in [1.54, 1.807) is 47.1 Å². The van der Waals surface area contributed by atoms with Crippen molar-refractivity contribution >= 4 is 85.3 Å². The minimum atomic E-state index is -5.92. The second-order valence-electron chi connectivity index (χ2n) is 18.3. The number of ether oxygens (including phenoxy) is 1. The molecule has 1 aromatic heterocycles. The summed E-state index contributed by atoms with van der Waals surface area (Å²) in [6.07, 6.45) is 10.2. The number of hydrogen-bond donors (Lipinski definition) is 4. The molecule has 2 aromatic carbocycles. The number of aromatic nitrogens is 2. The third kappa shape index (κ3) is 16.2. The van der Waals surface area contributed by atoms with Crippen molar-refractivity contribution in [3.05, 3.63) is 116 Å². The molecule has 0 bridgehead atoms. The number of fused-ring (bicyclic) bond motifs is 2. The van der Waals surface area contributed by atoms with Crippen LogP contribution in [0.5, 0.6) is 0 Å². The molecule has 26 nitrogen and oxygen atoms in total. The van der Waals surface area contributed by atoms with Crippen molar-refractivity contribution < 1.29 is 93.5 Å². The molecule has 3 aliphatic rings. The topological polar surface area (TPSA) is 387 Å². The van der Waals surface area contributed by atoms with E-state index < -0.39 is 85.4 Å². The summed E-state index contributed by atoms with van der Waals surface area (Å²) in [4.78, 5) is 98.0. The third-order valence-electron chi connectivity index (χ3n) is 12.3. The van der Waals surface area contributed by atoms with Crippen LogP contribution in [-0.2, 0) is 78.7 Å². The molecule has 0 radical (unpaired) electrons. The van der Waals surface area contributed by atoms with Gasteiger partial charge in [0.15, 0.2) is 5.71 Å². The number of nitrogens with zero attached hydrogens (tertiary/aromatic N) is 3. The van der Waals surface area contributed by atoms with Crippen LogP contribution in [0.25, 0.3) is 0 Å². The first-order valence-corrected chi connectivity index (χ1v) is 30.7. The Bertz CT molecular complexity index is 3360. The minimum Gasteiger partial charge on any atom is -0.779 e. The Morgan fingerprint density at radius 3 is 2.45 bits per heavy atom. The van der Waals surface area contributed by atoms with E-state index >= 15 is 0 Å². The zero-order chi connectivity index (χ0) is 56.7. The number of carboxylic acid groups (broad SMARTS) is 1. The van der Waals surface area contributed by atoms with Gasteiger partial charge in [-0.2, -0.15) is 8.91 Å². The number of rotatable bonds is 24. The van der Waals surface area contributed by atoms with Gasteiger partial charge in [0, 0.05) is 58.6 Å². The second-order valence-corrected chi connectivity index (χ2v) is 26.1. The summed E-state index contributed by atoms with van der Waals surface area (Å²) in [5.74, 6) is 3.92. The number of unbranched alkanes of at least 4 members (excludes halogenated alkanes) is 2. The molecule has 1 fully saturated rings. The first kappa shape index (κ1) is 61.5. The number of carbonyl (C=O) groups excluding carboxylic acids is 1. The van der Waals surface area contributed by atoms with Crippen molar-refractivity contribution in [3.8, 4) is 11.8 Å². The van der Waals surface area contributed by atoms with E-state index in [-0.39, 0.29) is 42.8 Å². The van der Waals surface area contributed by atoms with Crippen molar-refractivity contribution in [1.29, 1.82) is 0 Å². The van der Waals surface area contributed by atoms with Crippen LogP contribution in [0, 0.1) is 11.8 Å². The number of hydrogen-bond acceptors (Lipinski definition) is 22. The molecule has 1 saturated heterocycles. The fourth-order valence-electron chi connectivity index (χ4n) is 8.81. The van der Waals surface area contributed by atoms with E-state index in [1.165, 1.54) is 12.1 Å². The molecule has 6 rings (SSSR count). The summed E-state index contributed by atoms with van der Waals surface area (Å²) in [6.45, 7) is 2.09. The molecule has 4 N–H and O–H groups in total. The van der Waals surface area contributed by atoms with E-state index in [1.807, 2.05) is 44.7 Å². The highest BCUT2D eigenvalue weighted by atomic mass is 32.5. The van der Waals surface area contributed by atoms with Crippen LogP contribution in [0.2, 0.25) is 0 Å². The van der Waals surface area contributed by atoms with Crippen LogP contribution < -0.4 is 41.4 Å². The maximum Gasteiger partial charge on any atom is 0.330 e. The molecule has 0 saturated carbocycles. The number of allylic oxidation sites excluding steroid dienone is 6. The Hall–Kier alpha value is -4.76. The minimum absolute atomic E-state index is 0.0265. The molecular formula is C45H50N5O21P3S3-4. The fraction of sp³-hybridized carbons (Fsp3) is 0.400. The molecule has 32 heteroatoms. The molecule has 1 amide bonds. The number of H-pyrrole nitrogens is 1. The summed E-state index contributed by atoms with van der Waals surface area (Å²) >= 11 is 5.15. The van der Waals surface area contributed by atoms with E-state index in [4.69, 9.17) is 19.3 Å². The SMILES string of the molecule is CC1(C)C(/C=C/C=C/C=C2/N(CCCCCC(=O)O)c3ccc(S(=O)(=O)[O-])cc3C2(C)C)=[N+](CC(=O)NCC#Cc2cn([C@H]3CC[C@@H](COP([O-])(=S)OP(=O)([O-])OP(=O)([O-])O)O3)c(=O)[nH]c2=O)c2ccc(SOO[O-])cc21. The smallest absolute Gasteiger partial charge is 0.330 e. The first-order chi connectivity index (χ1) is 35.9. The van der Waals surface area contributed by atoms with Gasteiger partial charge < -0.3 is 54.0 Å². The quantitative estimate of drug-likeness (QED) is 0.0114. The lowest BCUT2D eigenvalue weighted by molar-refractivity contribution is -0.777. The van der Waals surface area contributed by atoms with Crippen molar-refractivity contribution in [1.82, 2.24) is 14.9 Å². The monoisotopic (exact) mass is 1190 g/mol. The lowest BCUT2D eigenvalue weighted by Gasteiger charge is -2.35. The average Bonchev–Trinajstić information content (AvgIpc) is 3.94. The molecule has 0 aliphatic carbocycles. The maximum atomic E-state index is 13.6. The molecule has 3 unspecified atom stereocenters. The van der Waals surface area contributed by atoms with Crippen LogP contribution in [0.3, 0.4) is 0 Å². The number of carbonyl (C=O) groups is 2. The fourth-order valence-corrected chi connectivity index (χ4v) is 13.5. The van der Waals surface area contributed by atoms with Crippen LogP contribution >= 0.6 is 34.4 Å². The number of amides is 1. The number of anilines is 1. The predicted octanol–water partition coefficient (Wildman–Crippen LogP) is 1.90. The Balaban J connectivity index is 1.17. The number of aliphatic carboxylic acids is 1. The number of nitrogens with one attached hydrogen (secondary N) is 2. The van der Waals surface area contributed by atoms with Gasteiger partial charge in [0.25, 0.3) is 27.1 Å². The molecule has 77 heavy (non-hydrogen) atoms. The Morgan fingerprint density at radius 2 is 1.77 bits per heavy atom. The van der Waals surface area contributed by atoms with Gasteiger partial charge in [-0.25, -0.2) is 17.5 Å². The maximum absolute atomic E-state index is 13.6. The normalized spacial score (nSPS) is 20.6. The van der Waals surface area contributed by atoms with Gasteiger partial charge in [-0.3, -0.25) is 42.4 Å².